The first-order chi connectivity index (χ1) is 13.1. The number of nitrogens with zero attached hydrogens (tertiary/aromatic N) is 2. The fraction of sp³-hybridized carbons (Fsp3) is 0.143. The maximum absolute atomic E-state index is 12.4. The fourth-order valence-electron chi connectivity index (χ4n) is 2.56. The summed E-state index contributed by atoms with van der Waals surface area (Å²) in [6.45, 7) is 3.61. The summed E-state index contributed by atoms with van der Waals surface area (Å²) in [6.07, 6.45) is 0. The summed E-state index contributed by atoms with van der Waals surface area (Å²) in [5.41, 5.74) is 2.07. The number of carbonyl (C=O) groups is 2. The van der Waals surface area contributed by atoms with Gasteiger partial charge in [-0.3, -0.25) is 0 Å². The van der Waals surface area contributed by atoms with Gasteiger partial charge < -0.3 is 9.47 Å². The normalized spacial score (nSPS) is 10.3. The molecule has 1 aromatic heterocycles. The van der Waals surface area contributed by atoms with E-state index < -0.39 is 11.9 Å². The molecule has 3 aromatic rings. The quantitative estimate of drug-likeness (QED) is 0.642. The number of ether oxygens (including phenoxy) is 2. The van der Waals surface area contributed by atoms with Gasteiger partial charge in [0.1, 0.15) is 5.56 Å². The summed E-state index contributed by atoms with van der Waals surface area (Å²) < 4.78 is 10.5. The molecule has 2 aromatic carbocycles. The second-order valence-electron chi connectivity index (χ2n) is 5.66. The Hall–Kier alpha value is -3.54. The minimum atomic E-state index is -0.571. The van der Waals surface area contributed by atoms with Crippen LogP contribution in [0.4, 0.5) is 0 Å². The van der Waals surface area contributed by atoms with Crippen LogP contribution in [0.15, 0.2) is 60.7 Å². The molecule has 0 saturated carbocycles. The molecule has 0 radical (unpaired) electrons. The zero-order valence-electron chi connectivity index (χ0n) is 15.0. The zero-order valence-corrected chi connectivity index (χ0v) is 15.0. The van der Waals surface area contributed by atoms with E-state index in [1.165, 1.54) is 0 Å². The van der Waals surface area contributed by atoms with Crippen LogP contribution in [0.1, 0.15) is 33.3 Å². The number of aryl methyl sites for hydroxylation is 1. The van der Waals surface area contributed by atoms with E-state index in [9.17, 15) is 9.59 Å². The third kappa shape index (κ3) is 4.17. The van der Waals surface area contributed by atoms with Gasteiger partial charge in [0.25, 0.3) is 0 Å². The Morgan fingerprint density at radius 2 is 1.52 bits per heavy atom. The second kappa shape index (κ2) is 8.23. The van der Waals surface area contributed by atoms with Gasteiger partial charge in [0.05, 0.1) is 23.6 Å². The number of hydrogen-bond donors (Lipinski definition) is 0. The van der Waals surface area contributed by atoms with Crippen LogP contribution in [-0.4, -0.2) is 28.5 Å². The van der Waals surface area contributed by atoms with E-state index in [0.29, 0.717) is 22.5 Å². The molecular formula is C21H18N2O4. The molecule has 0 unspecified atom stereocenters. The fourth-order valence-corrected chi connectivity index (χ4v) is 2.56. The van der Waals surface area contributed by atoms with Crippen molar-refractivity contribution in [3.05, 3.63) is 77.5 Å². The maximum Gasteiger partial charge on any atom is 0.345 e. The first-order valence-electron chi connectivity index (χ1n) is 8.48. The molecule has 0 aliphatic heterocycles. The van der Waals surface area contributed by atoms with Crippen molar-refractivity contribution in [1.82, 2.24) is 9.97 Å². The first-order valence-corrected chi connectivity index (χ1v) is 8.48. The lowest BCUT2D eigenvalue weighted by Crippen LogP contribution is -2.15. The molecular weight excluding hydrogens is 344 g/mol. The topological polar surface area (TPSA) is 78.4 Å². The molecule has 0 atom stereocenters. The van der Waals surface area contributed by atoms with Crippen LogP contribution < -0.4 is 4.74 Å². The van der Waals surface area contributed by atoms with Gasteiger partial charge >= 0.3 is 17.9 Å². The highest BCUT2D eigenvalue weighted by Gasteiger charge is 2.22. The Morgan fingerprint density at radius 3 is 2.15 bits per heavy atom. The van der Waals surface area contributed by atoms with E-state index in [0.717, 1.165) is 0 Å². The molecule has 3 rings (SSSR count). The van der Waals surface area contributed by atoms with Crippen molar-refractivity contribution in [2.45, 2.75) is 13.8 Å². The minimum Gasteiger partial charge on any atom is -0.462 e. The molecule has 0 aliphatic carbocycles. The van der Waals surface area contributed by atoms with Gasteiger partial charge in [-0.1, -0.05) is 48.5 Å². The number of esters is 2. The lowest BCUT2D eigenvalue weighted by molar-refractivity contribution is 0.0525. The molecule has 0 spiro atoms. The van der Waals surface area contributed by atoms with Crippen molar-refractivity contribution in [3.63, 3.8) is 0 Å². The minimum absolute atomic E-state index is 0.117. The van der Waals surface area contributed by atoms with Crippen molar-refractivity contribution >= 4 is 11.9 Å². The average Bonchev–Trinajstić information content (AvgIpc) is 2.69. The summed E-state index contributed by atoms with van der Waals surface area (Å²) >= 11 is 0. The number of benzene rings is 2. The monoisotopic (exact) mass is 362 g/mol. The standard InChI is InChI=1S/C21H18N2O4/c1-3-26-20(25)17-14(2)22-21(23-18(17)15-10-6-4-7-11-15)27-19(24)16-12-8-5-9-13-16/h4-13H,3H2,1-2H3. The highest BCUT2D eigenvalue weighted by Crippen LogP contribution is 2.26. The van der Waals surface area contributed by atoms with E-state index in [1.54, 1.807) is 44.2 Å². The highest BCUT2D eigenvalue weighted by molar-refractivity contribution is 5.97. The number of carbonyl (C=O) groups excluding carboxylic acids is 2. The van der Waals surface area contributed by atoms with E-state index in [1.807, 2.05) is 30.3 Å². The molecule has 6 heteroatoms. The predicted molar refractivity (Wildman–Crippen MR) is 99.6 cm³/mol. The molecule has 0 aliphatic rings. The average molecular weight is 362 g/mol. The predicted octanol–water partition coefficient (Wildman–Crippen LogP) is 3.85. The van der Waals surface area contributed by atoms with E-state index >= 15 is 0 Å². The van der Waals surface area contributed by atoms with E-state index in [2.05, 4.69) is 9.97 Å². The summed E-state index contributed by atoms with van der Waals surface area (Å²) in [4.78, 5) is 33.2. The maximum atomic E-state index is 12.4. The molecule has 0 fully saturated rings. The molecule has 0 bridgehead atoms. The summed E-state index contributed by atoms with van der Waals surface area (Å²) in [6, 6.07) is 17.6. The second-order valence-corrected chi connectivity index (χ2v) is 5.66. The number of aromatic nitrogens is 2. The number of rotatable bonds is 5. The number of hydrogen-bond acceptors (Lipinski definition) is 6. The van der Waals surface area contributed by atoms with Crippen LogP contribution in [0.3, 0.4) is 0 Å². The molecule has 136 valence electrons. The van der Waals surface area contributed by atoms with Crippen molar-refractivity contribution < 1.29 is 19.1 Å². The molecule has 1 heterocycles. The van der Waals surface area contributed by atoms with Crippen molar-refractivity contribution in [2.75, 3.05) is 6.61 Å². The third-order valence-corrected chi connectivity index (χ3v) is 3.79. The van der Waals surface area contributed by atoms with Gasteiger partial charge in [0.15, 0.2) is 0 Å². The first kappa shape index (κ1) is 18.3. The van der Waals surface area contributed by atoms with Gasteiger partial charge in [0, 0.05) is 5.56 Å². The largest absolute Gasteiger partial charge is 0.462 e. The van der Waals surface area contributed by atoms with Gasteiger partial charge in [-0.2, -0.15) is 9.97 Å². The lowest BCUT2D eigenvalue weighted by atomic mass is 10.0. The summed E-state index contributed by atoms with van der Waals surface area (Å²) in [5.74, 6) is -1.09. The zero-order chi connectivity index (χ0) is 19.2. The Labute approximate surface area is 156 Å². The lowest BCUT2D eigenvalue weighted by Gasteiger charge is -2.12. The Morgan fingerprint density at radius 1 is 0.889 bits per heavy atom. The van der Waals surface area contributed by atoms with E-state index in [-0.39, 0.29) is 18.2 Å². The molecule has 0 amide bonds. The Bertz CT molecular complexity index is 957. The smallest absolute Gasteiger partial charge is 0.345 e. The molecule has 0 N–H and O–H groups in total. The van der Waals surface area contributed by atoms with Crippen LogP contribution in [0.5, 0.6) is 6.01 Å². The molecule has 6 nitrogen and oxygen atoms in total. The van der Waals surface area contributed by atoms with Crippen LogP contribution in [0.2, 0.25) is 0 Å². The Kier molecular flexibility index (Phi) is 5.56. The summed E-state index contributed by atoms with van der Waals surface area (Å²) in [7, 11) is 0. The van der Waals surface area contributed by atoms with Gasteiger partial charge in [-0.25, -0.2) is 9.59 Å². The van der Waals surface area contributed by atoms with Crippen molar-refractivity contribution in [3.8, 4) is 17.3 Å². The van der Waals surface area contributed by atoms with Gasteiger partial charge in [0.2, 0.25) is 0 Å². The van der Waals surface area contributed by atoms with Gasteiger partial charge in [-0.15, -0.1) is 0 Å². The molecule has 0 saturated heterocycles. The van der Waals surface area contributed by atoms with Crippen LogP contribution in [-0.2, 0) is 4.74 Å². The van der Waals surface area contributed by atoms with Crippen molar-refractivity contribution in [1.29, 1.82) is 0 Å². The SMILES string of the molecule is CCOC(=O)c1c(C)nc(OC(=O)c2ccccc2)nc1-c1ccccc1. The van der Waals surface area contributed by atoms with Crippen LogP contribution >= 0.6 is 0 Å². The molecule has 27 heavy (non-hydrogen) atoms. The van der Waals surface area contributed by atoms with E-state index in [4.69, 9.17) is 9.47 Å². The van der Waals surface area contributed by atoms with Crippen LogP contribution in [0.25, 0.3) is 11.3 Å². The van der Waals surface area contributed by atoms with Crippen LogP contribution in [0, 0.1) is 6.92 Å². The third-order valence-electron chi connectivity index (χ3n) is 3.79. The van der Waals surface area contributed by atoms with Crippen molar-refractivity contribution in [2.24, 2.45) is 0 Å². The highest BCUT2D eigenvalue weighted by atomic mass is 16.5. The van der Waals surface area contributed by atoms with Gasteiger partial charge in [-0.05, 0) is 26.0 Å². The summed E-state index contributed by atoms with van der Waals surface area (Å²) in [5, 5.41) is 0. The Balaban J connectivity index is 2.03.